The highest BCUT2D eigenvalue weighted by Crippen LogP contribution is 2.30. The van der Waals surface area contributed by atoms with Crippen molar-refractivity contribution in [3.05, 3.63) is 0 Å². The summed E-state index contributed by atoms with van der Waals surface area (Å²) < 4.78 is 0. The van der Waals surface area contributed by atoms with Gasteiger partial charge in [-0.1, -0.05) is 12.8 Å². The second-order valence-corrected chi connectivity index (χ2v) is 6.36. The average Bonchev–Trinajstić information content (AvgIpc) is 2.87. The van der Waals surface area contributed by atoms with Crippen LogP contribution >= 0.6 is 0 Å². The summed E-state index contributed by atoms with van der Waals surface area (Å²) >= 11 is 0. The number of hydrogen-bond donors (Lipinski definition) is 1. The monoisotopic (exact) mass is 239 g/mol. The molecular weight excluding hydrogens is 210 g/mol. The first-order valence-electron chi connectivity index (χ1n) is 7.27. The van der Waals surface area contributed by atoms with Crippen molar-refractivity contribution in [2.24, 2.45) is 5.73 Å². The first-order valence-corrected chi connectivity index (χ1v) is 7.27. The van der Waals surface area contributed by atoms with Crippen molar-refractivity contribution in [1.82, 2.24) is 9.80 Å². The van der Waals surface area contributed by atoms with Gasteiger partial charge in [0.05, 0.1) is 0 Å². The molecule has 1 aliphatic carbocycles. The van der Waals surface area contributed by atoms with E-state index in [4.69, 9.17) is 5.73 Å². The molecule has 1 saturated heterocycles. The molecule has 0 radical (unpaired) electrons. The summed E-state index contributed by atoms with van der Waals surface area (Å²) in [5.74, 6) is 0. The van der Waals surface area contributed by atoms with Crippen molar-refractivity contribution in [2.45, 2.75) is 56.5 Å². The molecule has 2 fully saturated rings. The number of likely N-dealkylation sites (N-methyl/N-ethyl adjacent to an activating group) is 2. The first kappa shape index (κ1) is 13.3. The number of likely N-dealkylation sites (tertiary alicyclic amines) is 1. The zero-order valence-corrected chi connectivity index (χ0v) is 11.6. The summed E-state index contributed by atoms with van der Waals surface area (Å²) in [7, 11) is 4.51. The Labute approximate surface area is 106 Å². The van der Waals surface area contributed by atoms with Crippen LogP contribution in [-0.4, -0.2) is 55.1 Å². The minimum Gasteiger partial charge on any atom is -0.325 e. The number of nitrogens with two attached hydrogens (primary N) is 1. The predicted octanol–water partition coefficient (Wildman–Crippen LogP) is 1.67. The highest BCUT2D eigenvalue weighted by atomic mass is 15.2. The molecule has 0 aromatic carbocycles. The summed E-state index contributed by atoms with van der Waals surface area (Å²) in [6, 6.07) is 0.775. The molecule has 17 heavy (non-hydrogen) atoms. The van der Waals surface area contributed by atoms with Crippen molar-refractivity contribution < 1.29 is 0 Å². The highest BCUT2D eigenvalue weighted by molar-refractivity contribution is 4.90. The molecule has 3 heteroatoms. The topological polar surface area (TPSA) is 32.5 Å². The van der Waals surface area contributed by atoms with Crippen LogP contribution in [-0.2, 0) is 0 Å². The number of rotatable bonds is 5. The van der Waals surface area contributed by atoms with E-state index in [1.54, 1.807) is 0 Å². The van der Waals surface area contributed by atoms with Crippen molar-refractivity contribution in [3.63, 3.8) is 0 Å². The van der Waals surface area contributed by atoms with E-state index in [2.05, 4.69) is 23.9 Å². The van der Waals surface area contributed by atoms with Crippen molar-refractivity contribution >= 4 is 0 Å². The molecule has 0 spiro atoms. The van der Waals surface area contributed by atoms with Gasteiger partial charge in [0.15, 0.2) is 0 Å². The van der Waals surface area contributed by atoms with Crippen LogP contribution in [0.5, 0.6) is 0 Å². The Morgan fingerprint density at radius 3 is 2.59 bits per heavy atom. The highest BCUT2D eigenvalue weighted by Gasteiger charge is 2.29. The zero-order chi connectivity index (χ0) is 12.3. The largest absolute Gasteiger partial charge is 0.325 e. The van der Waals surface area contributed by atoms with Crippen LogP contribution in [0.2, 0.25) is 0 Å². The third kappa shape index (κ3) is 3.67. The number of nitrogens with zero attached hydrogens (tertiary/aromatic N) is 2. The summed E-state index contributed by atoms with van der Waals surface area (Å²) in [6.07, 6.45) is 9.08. The second kappa shape index (κ2) is 5.68. The van der Waals surface area contributed by atoms with Gasteiger partial charge in [-0.15, -0.1) is 0 Å². The molecule has 1 aliphatic heterocycles. The second-order valence-electron chi connectivity index (χ2n) is 6.36. The third-order valence-electron chi connectivity index (χ3n) is 4.78. The lowest BCUT2D eigenvalue weighted by molar-refractivity contribution is 0.205. The summed E-state index contributed by atoms with van der Waals surface area (Å²) in [5.41, 5.74) is 6.57. The molecule has 0 amide bonds. The fraction of sp³-hybridized carbons (Fsp3) is 1.00. The smallest absolute Gasteiger partial charge is 0.0220 e. The van der Waals surface area contributed by atoms with Gasteiger partial charge in [0.1, 0.15) is 0 Å². The van der Waals surface area contributed by atoms with E-state index in [-0.39, 0.29) is 5.54 Å². The normalized spacial score (nSPS) is 29.3. The van der Waals surface area contributed by atoms with Crippen LogP contribution in [0.15, 0.2) is 0 Å². The Kier molecular flexibility index (Phi) is 4.45. The molecule has 0 aromatic rings. The lowest BCUT2D eigenvalue weighted by Crippen LogP contribution is -2.42. The van der Waals surface area contributed by atoms with E-state index in [1.165, 1.54) is 64.6 Å². The van der Waals surface area contributed by atoms with E-state index >= 15 is 0 Å². The minimum atomic E-state index is 0.163. The van der Waals surface area contributed by atoms with E-state index in [1.807, 2.05) is 0 Å². The Bertz CT molecular complexity index is 236. The van der Waals surface area contributed by atoms with Crippen LogP contribution in [0.25, 0.3) is 0 Å². The van der Waals surface area contributed by atoms with Gasteiger partial charge in [-0.3, -0.25) is 0 Å². The summed E-state index contributed by atoms with van der Waals surface area (Å²) in [5, 5.41) is 0. The van der Waals surface area contributed by atoms with Crippen LogP contribution in [0.1, 0.15) is 44.9 Å². The molecule has 2 aliphatic rings. The van der Waals surface area contributed by atoms with Gasteiger partial charge in [0.2, 0.25) is 0 Å². The predicted molar refractivity (Wildman–Crippen MR) is 73.2 cm³/mol. The maximum Gasteiger partial charge on any atom is 0.0220 e. The quantitative estimate of drug-likeness (QED) is 0.792. The molecule has 0 bridgehead atoms. The summed E-state index contributed by atoms with van der Waals surface area (Å²) in [6.45, 7) is 3.66. The van der Waals surface area contributed by atoms with Crippen molar-refractivity contribution in [1.29, 1.82) is 0 Å². The molecule has 2 N–H and O–H groups in total. The van der Waals surface area contributed by atoms with Crippen LogP contribution < -0.4 is 5.73 Å². The van der Waals surface area contributed by atoms with E-state index in [9.17, 15) is 0 Å². The lowest BCUT2D eigenvalue weighted by atomic mass is 9.94. The standard InChI is InChI=1S/C14H29N3/c1-16(12-13-6-5-10-17(13)2)11-9-14(15)7-3-4-8-14/h13H,3-12,15H2,1-2H3. The van der Waals surface area contributed by atoms with Crippen molar-refractivity contribution in [3.8, 4) is 0 Å². The van der Waals surface area contributed by atoms with Gasteiger partial charge >= 0.3 is 0 Å². The van der Waals surface area contributed by atoms with Gasteiger partial charge in [0, 0.05) is 18.1 Å². The maximum absolute atomic E-state index is 6.41. The number of hydrogen-bond acceptors (Lipinski definition) is 3. The lowest BCUT2D eigenvalue weighted by Gasteiger charge is -2.29. The van der Waals surface area contributed by atoms with Gasteiger partial charge in [-0.05, 0) is 59.3 Å². The zero-order valence-electron chi connectivity index (χ0n) is 11.6. The fourth-order valence-electron chi connectivity index (χ4n) is 3.40. The van der Waals surface area contributed by atoms with Crippen LogP contribution in [0.3, 0.4) is 0 Å². The van der Waals surface area contributed by atoms with Gasteiger partial charge in [0.25, 0.3) is 0 Å². The van der Waals surface area contributed by atoms with Gasteiger partial charge in [-0.2, -0.15) is 0 Å². The molecule has 1 unspecified atom stereocenters. The first-order chi connectivity index (χ1) is 8.09. The molecule has 1 heterocycles. The fourth-order valence-corrected chi connectivity index (χ4v) is 3.40. The molecular formula is C14H29N3. The van der Waals surface area contributed by atoms with Crippen LogP contribution in [0.4, 0.5) is 0 Å². The van der Waals surface area contributed by atoms with Crippen molar-refractivity contribution in [2.75, 3.05) is 33.7 Å². The summed E-state index contributed by atoms with van der Waals surface area (Å²) in [4.78, 5) is 4.99. The molecule has 1 saturated carbocycles. The molecule has 3 nitrogen and oxygen atoms in total. The van der Waals surface area contributed by atoms with E-state index in [0.29, 0.717) is 0 Å². The SMILES string of the molecule is CN(CCC1(N)CCCC1)CC1CCCN1C. The van der Waals surface area contributed by atoms with E-state index in [0.717, 1.165) is 6.04 Å². The Hall–Kier alpha value is -0.120. The Morgan fingerprint density at radius 2 is 2.00 bits per heavy atom. The van der Waals surface area contributed by atoms with Crippen LogP contribution in [0, 0.1) is 0 Å². The molecule has 0 aromatic heterocycles. The maximum atomic E-state index is 6.41. The Morgan fingerprint density at radius 1 is 1.29 bits per heavy atom. The Balaban J connectivity index is 1.68. The average molecular weight is 239 g/mol. The minimum absolute atomic E-state index is 0.163. The van der Waals surface area contributed by atoms with E-state index < -0.39 is 0 Å². The van der Waals surface area contributed by atoms with Gasteiger partial charge in [-0.25, -0.2) is 0 Å². The molecule has 100 valence electrons. The third-order valence-corrected chi connectivity index (χ3v) is 4.78. The molecule has 1 atom stereocenters. The van der Waals surface area contributed by atoms with Gasteiger partial charge < -0.3 is 15.5 Å². The molecule has 2 rings (SSSR count).